The number of piperidine rings is 1. The van der Waals surface area contributed by atoms with Crippen molar-refractivity contribution in [2.24, 2.45) is 5.92 Å². The molecule has 2 aromatic carbocycles. The molecular weight excluding hydrogens is 396 g/mol. The average Bonchev–Trinajstić information content (AvgIpc) is 3.15. The molecule has 0 saturated carbocycles. The minimum Gasteiger partial charge on any atom is -0.497 e. The predicted molar refractivity (Wildman–Crippen MR) is 115 cm³/mol. The summed E-state index contributed by atoms with van der Waals surface area (Å²) in [6, 6.07) is 13.0. The second-order valence-electron chi connectivity index (χ2n) is 8.52. The van der Waals surface area contributed by atoms with Crippen LogP contribution < -0.4 is 24.3 Å². The maximum absolute atomic E-state index is 12.7. The van der Waals surface area contributed by atoms with E-state index in [9.17, 15) is 4.79 Å². The van der Waals surface area contributed by atoms with Gasteiger partial charge in [0.1, 0.15) is 24.7 Å². The van der Waals surface area contributed by atoms with Gasteiger partial charge in [-0.05, 0) is 67.8 Å². The molecule has 0 aromatic heterocycles. The van der Waals surface area contributed by atoms with Crippen molar-refractivity contribution >= 4 is 5.91 Å². The van der Waals surface area contributed by atoms with Crippen LogP contribution in [-0.4, -0.2) is 62.9 Å². The van der Waals surface area contributed by atoms with Gasteiger partial charge < -0.3 is 29.2 Å². The van der Waals surface area contributed by atoms with Crippen LogP contribution in [0.5, 0.6) is 23.0 Å². The zero-order valence-electron chi connectivity index (χ0n) is 17.7. The molecule has 3 heterocycles. The van der Waals surface area contributed by atoms with Gasteiger partial charge in [0, 0.05) is 24.7 Å². The monoisotopic (exact) mass is 424 g/mol. The van der Waals surface area contributed by atoms with Crippen LogP contribution in [-0.2, 0) is 0 Å². The molecule has 1 N–H and O–H groups in total. The second kappa shape index (κ2) is 8.67. The summed E-state index contributed by atoms with van der Waals surface area (Å²) in [7, 11) is 1.63. The van der Waals surface area contributed by atoms with E-state index in [-0.39, 0.29) is 18.1 Å². The average molecular weight is 424 g/mol. The van der Waals surface area contributed by atoms with Gasteiger partial charge in [-0.15, -0.1) is 0 Å². The first-order valence-corrected chi connectivity index (χ1v) is 10.9. The van der Waals surface area contributed by atoms with Gasteiger partial charge in [-0.25, -0.2) is 0 Å². The van der Waals surface area contributed by atoms with E-state index in [0.29, 0.717) is 30.3 Å². The van der Waals surface area contributed by atoms with Crippen molar-refractivity contribution < 1.29 is 23.7 Å². The Morgan fingerprint density at radius 3 is 2.77 bits per heavy atom. The summed E-state index contributed by atoms with van der Waals surface area (Å²) >= 11 is 0. The van der Waals surface area contributed by atoms with Crippen molar-refractivity contribution in [2.75, 3.05) is 40.0 Å². The molecule has 0 aliphatic carbocycles. The summed E-state index contributed by atoms with van der Waals surface area (Å²) < 4.78 is 22.8. The van der Waals surface area contributed by atoms with E-state index in [4.69, 9.17) is 18.9 Å². The fourth-order valence-electron chi connectivity index (χ4n) is 4.63. The van der Waals surface area contributed by atoms with Crippen molar-refractivity contribution in [2.45, 2.75) is 25.0 Å². The Hall–Kier alpha value is -2.93. The molecule has 2 aromatic rings. The maximum Gasteiger partial charge on any atom is 0.251 e. The Morgan fingerprint density at radius 1 is 1.13 bits per heavy atom. The number of carbonyl (C=O) groups is 1. The lowest BCUT2D eigenvalue weighted by Gasteiger charge is -2.30. The molecule has 2 fully saturated rings. The first-order valence-electron chi connectivity index (χ1n) is 10.9. The standard InChI is InChI=1S/C24H28N2O5/c1-28-19-3-5-20(6-4-19)29-14-21-15-30-23-11-17(2-7-22(23)31-21)24(27)25-18-10-16-8-9-26(12-16)13-18/h2-7,11,16,18,21H,8-10,12-15H2,1H3,(H,25,27)/t16-,18+,21-/m0/s1. The second-order valence-corrected chi connectivity index (χ2v) is 8.52. The lowest BCUT2D eigenvalue weighted by atomic mass is 9.96. The van der Waals surface area contributed by atoms with Gasteiger partial charge in [-0.3, -0.25) is 4.79 Å². The SMILES string of the molecule is COc1ccc(OC[C@H]2COc3cc(C(=O)N[C@@H]4C[C@@H]5CCN(C5)C4)ccc3O2)cc1. The molecule has 2 saturated heterocycles. The normalized spacial score (nSPS) is 26.2. The number of benzene rings is 2. The van der Waals surface area contributed by atoms with Crippen molar-refractivity contribution in [3.63, 3.8) is 0 Å². The molecule has 0 radical (unpaired) electrons. The first-order chi connectivity index (χ1) is 15.2. The fourth-order valence-corrected chi connectivity index (χ4v) is 4.63. The van der Waals surface area contributed by atoms with E-state index in [0.717, 1.165) is 36.9 Å². The van der Waals surface area contributed by atoms with Crippen LogP contribution in [0.15, 0.2) is 42.5 Å². The fraction of sp³-hybridized carbons (Fsp3) is 0.458. The highest BCUT2D eigenvalue weighted by atomic mass is 16.6. The van der Waals surface area contributed by atoms with Gasteiger partial charge in [0.15, 0.2) is 17.6 Å². The highest BCUT2D eigenvalue weighted by Gasteiger charge is 2.33. The number of hydrogen-bond acceptors (Lipinski definition) is 6. The van der Waals surface area contributed by atoms with Crippen molar-refractivity contribution in [1.82, 2.24) is 10.2 Å². The number of carbonyl (C=O) groups excluding carboxylic acids is 1. The first kappa shape index (κ1) is 20.0. The molecule has 1 amide bonds. The van der Waals surface area contributed by atoms with Crippen molar-refractivity contribution in [1.29, 1.82) is 0 Å². The minimum absolute atomic E-state index is 0.0520. The largest absolute Gasteiger partial charge is 0.497 e. The van der Waals surface area contributed by atoms with Gasteiger partial charge >= 0.3 is 0 Å². The van der Waals surface area contributed by atoms with E-state index in [1.165, 1.54) is 13.0 Å². The topological polar surface area (TPSA) is 69.3 Å². The van der Waals surface area contributed by atoms with E-state index in [2.05, 4.69) is 10.2 Å². The number of rotatable bonds is 6. The summed E-state index contributed by atoms with van der Waals surface area (Å²) in [5.41, 5.74) is 0.600. The highest BCUT2D eigenvalue weighted by molar-refractivity contribution is 5.95. The number of nitrogens with zero attached hydrogens (tertiary/aromatic N) is 1. The quantitative estimate of drug-likeness (QED) is 0.769. The predicted octanol–water partition coefficient (Wildman–Crippen LogP) is 2.74. The molecule has 0 spiro atoms. The Labute approximate surface area is 182 Å². The maximum atomic E-state index is 12.7. The van der Waals surface area contributed by atoms with Crippen LogP contribution in [0.25, 0.3) is 0 Å². The van der Waals surface area contributed by atoms with Crippen molar-refractivity contribution in [3.8, 4) is 23.0 Å². The minimum atomic E-state index is -0.221. The van der Waals surface area contributed by atoms with E-state index < -0.39 is 0 Å². The molecule has 164 valence electrons. The summed E-state index contributed by atoms with van der Waals surface area (Å²) in [5.74, 6) is 3.43. The molecule has 7 heteroatoms. The number of fused-ring (bicyclic) bond motifs is 3. The van der Waals surface area contributed by atoms with Crippen LogP contribution in [0, 0.1) is 5.92 Å². The van der Waals surface area contributed by atoms with Crippen molar-refractivity contribution in [3.05, 3.63) is 48.0 Å². The van der Waals surface area contributed by atoms with Gasteiger partial charge in [-0.2, -0.15) is 0 Å². The summed E-state index contributed by atoms with van der Waals surface area (Å²) in [4.78, 5) is 15.2. The third-order valence-electron chi connectivity index (χ3n) is 6.22. The van der Waals surface area contributed by atoms with Crippen LogP contribution in [0.3, 0.4) is 0 Å². The summed E-state index contributed by atoms with van der Waals surface area (Å²) in [6.07, 6.45) is 2.10. The van der Waals surface area contributed by atoms with E-state index in [1.807, 2.05) is 24.3 Å². The summed E-state index contributed by atoms with van der Waals surface area (Å²) in [6.45, 7) is 4.02. The van der Waals surface area contributed by atoms with E-state index >= 15 is 0 Å². The third-order valence-corrected chi connectivity index (χ3v) is 6.22. The molecule has 4 atom stereocenters. The number of nitrogens with one attached hydrogen (secondary N) is 1. The van der Waals surface area contributed by atoms with Crippen LogP contribution in [0.4, 0.5) is 0 Å². The van der Waals surface area contributed by atoms with Gasteiger partial charge in [0.25, 0.3) is 5.91 Å². The zero-order valence-corrected chi connectivity index (χ0v) is 17.7. The Morgan fingerprint density at radius 2 is 1.97 bits per heavy atom. The molecular formula is C24H28N2O5. The lowest BCUT2D eigenvalue weighted by Crippen LogP contribution is -2.47. The van der Waals surface area contributed by atoms with Crippen LogP contribution in [0.1, 0.15) is 23.2 Å². The molecule has 31 heavy (non-hydrogen) atoms. The lowest BCUT2D eigenvalue weighted by molar-refractivity contribution is 0.0534. The molecule has 2 bridgehead atoms. The number of amides is 1. The Kier molecular flexibility index (Phi) is 5.59. The summed E-state index contributed by atoms with van der Waals surface area (Å²) in [5, 5.41) is 3.19. The van der Waals surface area contributed by atoms with E-state index in [1.54, 1.807) is 25.3 Å². The van der Waals surface area contributed by atoms with Crippen LogP contribution in [0.2, 0.25) is 0 Å². The van der Waals surface area contributed by atoms with Gasteiger partial charge in [-0.1, -0.05) is 0 Å². The molecule has 1 unspecified atom stereocenters. The third kappa shape index (κ3) is 4.56. The molecule has 7 nitrogen and oxygen atoms in total. The molecule has 3 aliphatic rings. The smallest absolute Gasteiger partial charge is 0.251 e. The number of ether oxygens (including phenoxy) is 4. The van der Waals surface area contributed by atoms with Gasteiger partial charge in [0.05, 0.1) is 7.11 Å². The van der Waals surface area contributed by atoms with Gasteiger partial charge in [0.2, 0.25) is 0 Å². The zero-order chi connectivity index (χ0) is 21.2. The Bertz CT molecular complexity index is 920. The molecule has 3 aliphatic heterocycles. The van der Waals surface area contributed by atoms with Crippen LogP contribution >= 0.6 is 0 Å². The highest BCUT2D eigenvalue weighted by Crippen LogP contribution is 2.33. The Balaban J connectivity index is 1.15. The molecule has 5 rings (SSSR count). The number of methoxy groups -OCH3 is 1. The number of hydrogen-bond donors (Lipinski definition) is 1.